The molecule has 5 heteroatoms. The van der Waals surface area contributed by atoms with E-state index in [1.807, 2.05) is 32.0 Å². The molecule has 2 aromatic rings. The molecule has 0 saturated carbocycles. The fraction of sp³-hybridized carbons (Fsp3) is 0.467. The molecule has 0 bridgehead atoms. The van der Waals surface area contributed by atoms with Crippen LogP contribution in [-0.4, -0.2) is 21.9 Å². The Morgan fingerprint density at radius 3 is 3.00 bits per heavy atom. The Bertz CT molecular complexity index is 595. The van der Waals surface area contributed by atoms with Gasteiger partial charge in [0.2, 0.25) is 5.91 Å². The monoisotopic (exact) mass is 308 g/mol. The summed E-state index contributed by atoms with van der Waals surface area (Å²) >= 11 is 3.24. The van der Waals surface area contributed by atoms with E-state index in [0.29, 0.717) is 5.13 Å². The van der Waals surface area contributed by atoms with Crippen LogP contribution in [0.25, 0.3) is 10.2 Å². The van der Waals surface area contributed by atoms with Gasteiger partial charge in [-0.3, -0.25) is 4.79 Å². The van der Waals surface area contributed by atoms with Crippen LogP contribution in [-0.2, 0) is 4.79 Å². The maximum absolute atomic E-state index is 12.1. The Labute approximate surface area is 128 Å². The van der Waals surface area contributed by atoms with E-state index in [-0.39, 0.29) is 11.2 Å². The van der Waals surface area contributed by atoms with Gasteiger partial charge in [-0.2, -0.15) is 0 Å². The number of amides is 1. The van der Waals surface area contributed by atoms with Gasteiger partial charge in [-0.05, 0) is 37.7 Å². The second kappa shape index (κ2) is 7.09. The number of benzene rings is 1. The van der Waals surface area contributed by atoms with Gasteiger partial charge in [0, 0.05) is 0 Å². The Hall–Kier alpha value is -1.07. The number of anilines is 1. The van der Waals surface area contributed by atoms with Gasteiger partial charge < -0.3 is 5.32 Å². The third-order valence-corrected chi connectivity index (χ3v) is 5.26. The van der Waals surface area contributed by atoms with E-state index in [2.05, 4.69) is 17.2 Å². The van der Waals surface area contributed by atoms with Crippen LogP contribution in [0.3, 0.4) is 0 Å². The minimum Gasteiger partial charge on any atom is -0.301 e. The Balaban J connectivity index is 2.00. The SMILES string of the molecule is CCCCSC(C)C(=O)Nc1nc2c(C)cccc2s1. The summed E-state index contributed by atoms with van der Waals surface area (Å²) in [5, 5.41) is 3.60. The minimum atomic E-state index is -0.0327. The zero-order valence-electron chi connectivity index (χ0n) is 12.1. The lowest BCUT2D eigenvalue weighted by atomic mass is 10.2. The number of rotatable bonds is 6. The van der Waals surface area contributed by atoms with Crippen molar-refractivity contribution in [2.75, 3.05) is 11.1 Å². The third kappa shape index (κ3) is 3.73. The van der Waals surface area contributed by atoms with Crippen LogP contribution in [0.5, 0.6) is 0 Å². The van der Waals surface area contributed by atoms with Gasteiger partial charge >= 0.3 is 0 Å². The number of fused-ring (bicyclic) bond motifs is 1. The van der Waals surface area contributed by atoms with Gasteiger partial charge in [0.1, 0.15) is 0 Å². The molecule has 0 aliphatic carbocycles. The summed E-state index contributed by atoms with van der Waals surface area (Å²) in [6.07, 6.45) is 2.32. The number of hydrogen-bond donors (Lipinski definition) is 1. The molecular formula is C15H20N2OS2. The number of aromatic nitrogens is 1. The molecule has 0 radical (unpaired) electrons. The van der Waals surface area contributed by atoms with Crippen molar-refractivity contribution >= 4 is 44.4 Å². The van der Waals surface area contributed by atoms with E-state index >= 15 is 0 Å². The molecule has 0 spiro atoms. The molecule has 1 heterocycles. The first-order valence-corrected chi connectivity index (χ1v) is 8.77. The standard InChI is InChI=1S/C15H20N2OS2/c1-4-5-9-19-11(3)14(18)17-15-16-13-10(2)7-6-8-12(13)20-15/h6-8,11H,4-5,9H2,1-3H3,(H,16,17,18). The highest BCUT2D eigenvalue weighted by Gasteiger charge is 2.15. The van der Waals surface area contributed by atoms with Crippen LogP contribution in [0.2, 0.25) is 0 Å². The molecule has 1 aromatic carbocycles. The molecule has 1 N–H and O–H groups in total. The Morgan fingerprint density at radius 1 is 1.50 bits per heavy atom. The van der Waals surface area contributed by atoms with Gasteiger partial charge in [0.15, 0.2) is 5.13 Å². The summed E-state index contributed by atoms with van der Waals surface area (Å²) in [6.45, 7) is 6.15. The summed E-state index contributed by atoms with van der Waals surface area (Å²) in [4.78, 5) is 16.6. The zero-order valence-corrected chi connectivity index (χ0v) is 13.7. The minimum absolute atomic E-state index is 0.0327. The molecule has 0 fully saturated rings. The maximum Gasteiger partial charge on any atom is 0.238 e. The predicted molar refractivity (Wildman–Crippen MR) is 89.8 cm³/mol. The highest BCUT2D eigenvalue weighted by atomic mass is 32.2. The number of thiazole rings is 1. The van der Waals surface area contributed by atoms with Crippen molar-refractivity contribution in [1.29, 1.82) is 0 Å². The average Bonchev–Trinajstić information content (AvgIpc) is 2.83. The quantitative estimate of drug-likeness (QED) is 0.801. The van der Waals surface area contributed by atoms with Crippen LogP contribution in [0.15, 0.2) is 18.2 Å². The van der Waals surface area contributed by atoms with Crippen molar-refractivity contribution in [1.82, 2.24) is 4.98 Å². The van der Waals surface area contributed by atoms with Crippen molar-refractivity contribution in [3.8, 4) is 0 Å². The molecule has 0 aliphatic rings. The molecule has 1 unspecified atom stereocenters. The molecule has 0 saturated heterocycles. The number of nitrogens with zero attached hydrogens (tertiary/aromatic N) is 1. The number of unbranched alkanes of at least 4 members (excludes halogenated alkanes) is 1. The van der Waals surface area contributed by atoms with Gasteiger partial charge in [-0.15, -0.1) is 11.8 Å². The summed E-state index contributed by atoms with van der Waals surface area (Å²) in [6, 6.07) is 6.09. The molecular weight excluding hydrogens is 288 g/mol. The second-order valence-electron chi connectivity index (χ2n) is 4.80. The predicted octanol–water partition coefficient (Wildman–Crippen LogP) is 4.47. The average molecular weight is 308 g/mol. The highest BCUT2D eigenvalue weighted by Crippen LogP contribution is 2.28. The van der Waals surface area contributed by atoms with Crippen LogP contribution in [0.4, 0.5) is 5.13 Å². The smallest absolute Gasteiger partial charge is 0.238 e. The third-order valence-electron chi connectivity index (χ3n) is 3.09. The Morgan fingerprint density at radius 2 is 2.30 bits per heavy atom. The lowest BCUT2D eigenvalue weighted by Crippen LogP contribution is -2.22. The van der Waals surface area contributed by atoms with Gasteiger partial charge in [-0.1, -0.05) is 36.8 Å². The van der Waals surface area contributed by atoms with Crippen molar-refractivity contribution in [2.24, 2.45) is 0 Å². The van der Waals surface area contributed by atoms with Crippen molar-refractivity contribution in [2.45, 2.75) is 38.9 Å². The lowest BCUT2D eigenvalue weighted by molar-refractivity contribution is -0.115. The molecule has 3 nitrogen and oxygen atoms in total. The number of thioether (sulfide) groups is 1. The van der Waals surface area contributed by atoms with E-state index < -0.39 is 0 Å². The molecule has 108 valence electrons. The first-order chi connectivity index (χ1) is 9.61. The molecule has 1 amide bonds. The van der Waals surface area contributed by atoms with Gasteiger partial charge in [0.05, 0.1) is 15.5 Å². The molecule has 2 rings (SSSR count). The molecule has 0 aliphatic heterocycles. The van der Waals surface area contributed by atoms with E-state index in [1.165, 1.54) is 17.8 Å². The van der Waals surface area contributed by atoms with E-state index in [9.17, 15) is 4.79 Å². The van der Waals surface area contributed by atoms with E-state index in [0.717, 1.165) is 28.0 Å². The highest BCUT2D eigenvalue weighted by molar-refractivity contribution is 8.00. The normalized spacial score (nSPS) is 12.6. The largest absolute Gasteiger partial charge is 0.301 e. The van der Waals surface area contributed by atoms with Crippen LogP contribution in [0.1, 0.15) is 32.3 Å². The lowest BCUT2D eigenvalue weighted by Gasteiger charge is -2.09. The first kappa shape index (κ1) is 15.3. The summed E-state index contributed by atoms with van der Waals surface area (Å²) < 4.78 is 1.12. The number of nitrogens with one attached hydrogen (secondary N) is 1. The summed E-state index contributed by atoms with van der Waals surface area (Å²) in [7, 11) is 0. The van der Waals surface area contributed by atoms with Gasteiger partial charge in [0.25, 0.3) is 0 Å². The molecule has 1 atom stereocenters. The van der Waals surface area contributed by atoms with Crippen molar-refractivity contribution < 1.29 is 4.79 Å². The van der Waals surface area contributed by atoms with Crippen molar-refractivity contribution in [3.05, 3.63) is 23.8 Å². The second-order valence-corrected chi connectivity index (χ2v) is 7.28. The zero-order chi connectivity index (χ0) is 14.5. The number of hydrogen-bond acceptors (Lipinski definition) is 4. The number of aryl methyl sites for hydroxylation is 1. The van der Waals surface area contributed by atoms with E-state index in [4.69, 9.17) is 0 Å². The van der Waals surface area contributed by atoms with Gasteiger partial charge in [-0.25, -0.2) is 4.98 Å². The number of carbonyl (C=O) groups is 1. The topological polar surface area (TPSA) is 42.0 Å². The Kier molecular flexibility index (Phi) is 5.43. The maximum atomic E-state index is 12.1. The van der Waals surface area contributed by atoms with Crippen LogP contribution < -0.4 is 5.32 Å². The summed E-state index contributed by atoms with van der Waals surface area (Å²) in [5.74, 6) is 1.08. The molecule has 1 aromatic heterocycles. The summed E-state index contributed by atoms with van der Waals surface area (Å²) in [5.41, 5.74) is 2.13. The fourth-order valence-corrected chi connectivity index (χ4v) is 3.79. The van der Waals surface area contributed by atoms with E-state index in [1.54, 1.807) is 11.8 Å². The van der Waals surface area contributed by atoms with Crippen LogP contribution in [0, 0.1) is 6.92 Å². The fourth-order valence-electron chi connectivity index (χ4n) is 1.83. The first-order valence-electron chi connectivity index (χ1n) is 6.90. The van der Waals surface area contributed by atoms with Crippen molar-refractivity contribution in [3.63, 3.8) is 0 Å². The van der Waals surface area contributed by atoms with Crippen LogP contribution >= 0.6 is 23.1 Å². The number of carbonyl (C=O) groups excluding carboxylic acids is 1. The molecule has 20 heavy (non-hydrogen) atoms. The number of para-hydroxylation sites is 1.